The Kier molecular flexibility index (Phi) is 5.19. The molecule has 1 saturated heterocycles. The van der Waals surface area contributed by atoms with Gasteiger partial charge < -0.3 is 4.90 Å². The Bertz CT molecular complexity index is 623. The Balaban J connectivity index is 1.48. The van der Waals surface area contributed by atoms with Crippen LogP contribution in [-0.4, -0.2) is 79.4 Å². The number of thioether (sulfide) groups is 1. The smallest absolute Gasteiger partial charge is 0.257 e. The van der Waals surface area contributed by atoms with E-state index in [4.69, 9.17) is 0 Å². The number of rotatable bonds is 5. The van der Waals surface area contributed by atoms with Crippen LogP contribution in [0.2, 0.25) is 0 Å². The van der Waals surface area contributed by atoms with Crippen LogP contribution in [0.5, 0.6) is 0 Å². The molecule has 0 aromatic carbocycles. The quantitative estimate of drug-likeness (QED) is 0.573. The van der Waals surface area contributed by atoms with Crippen molar-refractivity contribution in [3.05, 3.63) is 30.6 Å². The molecule has 1 amide bonds. The van der Waals surface area contributed by atoms with E-state index in [0.29, 0.717) is 10.7 Å². The third-order valence-electron chi connectivity index (χ3n) is 3.83. The van der Waals surface area contributed by atoms with E-state index < -0.39 is 0 Å². The number of amides is 1. The summed E-state index contributed by atoms with van der Waals surface area (Å²) >= 11 is 1.46. The highest BCUT2D eigenvalue weighted by atomic mass is 32.2. The topological polar surface area (TPSA) is 80.0 Å². The molecule has 0 saturated carbocycles. The Morgan fingerprint density at radius 1 is 1.17 bits per heavy atom. The number of hydrogen-bond donors (Lipinski definition) is 0. The van der Waals surface area contributed by atoms with Crippen molar-refractivity contribution in [2.75, 3.05) is 39.0 Å². The van der Waals surface area contributed by atoms with Gasteiger partial charge in [0.15, 0.2) is 5.16 Å². The van der Waals surface area contributed by atoms with E-state index in [-0.39, 0.29) is 5.91 Å². The van der Waals surface area contributed by atoms with Crippen LogP contribution in [0.25, 0.3) is 0 Å². The molecule has 1 fully saturated rings. The lowest BCUT2D eigenvalue weighted by molar-refractivity contribution is 0.0631. The van der Waals surface area contributed by atoms with Gasteiger partial charge in [-0.2, -0.15) is 5.10 Å². The molecule has 8 nitrogen and oxygen atoms in total. The first kappa shape index (κ1) is 15.9. The minimum absolute atomic E-state index is 0.00794. The summed E-state index contributed by atoms with van der Waals surface area (Å²) in [6.07, 6.45) is 8.39. The van der Waals surface area contributed by atoms with Crippen molar-refractivity contribution in [1.29, 1.82) is 0 Å². The maximum absolute atomic E-state index is 12.4. The van der Waals surface area contributed by atoms with E-state index >= 15 is 0 Å². The zero-order chi connectivity index (χ0) is 16.1. The van der Waals surface area contributed by atoms with Gasteiger partial charge in [-0.3, -0.25) is 14.4 Å². The average molecular weight is 333 g/mol. The standard InChI is InChI=1S/C14H19N7OS/c1-23-14-16-8-12(9-17-14)13(22)20-5-2-19(3-6-20)4-7-21-11-15-10-18-21/h8-11H,2-7H2,1H3. The van der Waals surface area contributed by atoms with E-state index in [1.165, 1.54) is 11.8 Å². The van der Waals surface area contributed by atoms with Gasteiger partial charge in [-0.05, 0) is 6.26 Å². The predicted octanol–water partition coefficient (Wildman–Crippen LogP) is 0.248. The third-order valence-corrected chi connectivity index (χ3v) is 4.41. The first-order chi connectivity index (χ1) is 11.3. The van der Waals surface area contributed by atoms with Gasteiger partial charge in [-0.15, -0.1) is 0 Å². The van der Waals surface area contributed by atoms with Gasteiger partial charge in [0, 0.05) is 45.1 Å². The van der Waals surface area contributed by atoms with Gasteiger partial charge in [0.1, 0.15) is 12.7 Å². The second-order valence-corrected chi connectivity index (χ2v) is 6.02. The lowest BCUT2D eigenvalue weighted by atomic mass is 10.2. The summed E-state index contributed by atoms with van der Waals surface area (Å²) in [7, 11) is 0. The molecule has 9 heteroatoms. The number of aromatic nitrogens is 5. The monoisotopic (exact) mass is 333 g/mol. The van der Waals surface area contributed by atoms with Crippen molar-refractivity contribution in [1.82, 2.24) is 34.5 Å². The number of nitrogens with zero attached hydrogens (tertiary/aromatic N) is 7. The fourth-order valence-electron chi connectivity index (χ4n) is 2.48. The summed E-state index contributed by atoms with van der Waals surface area (Å²) in [5, 5.41) is 4.78. The van der Waals surface area contributed by atoms with Gasteiger partial charge in [0.05, 0.1) is 12.1 Å². The number of carbonyl (C=O) groups is 1. The first-order valence-electron chi connectivity index (χ1n) is 7.46. The van der Waals surface area contributed by atoms with Gasteiger partial charge in [0.2, 0.25) is 0 Å². The third kappa shape index (κ3) is 4.05. The van der Waals surface area contributed by atoms with Crippen molar-refractivity contribution in [2.45, 2.75) is 11.7 Å². The number of hydrogen-bond acceptors (Lipinski definition) is 7. The van der Waals surface area contributed by atoms with E-state index in [1.807, 2.05) is 15.8 Å². The maximum atomic E-state index is 12.4. The van der Waals surface area contributed by atoms with Crippen LogP contribution in [0.1, 0.15) is 10.4 Å². The van der Waals surface area contributed by atoms with Crippen LogP contribution in [0.15, 0.2) is 30.2 Å². The molecule has 1 aliphatic rings. The molecule has 0 N–H and O–H groups in total. The first-order valence-corrected chi connectivity index (χ1v) is 8.69. The molecule has 122 valence electrons. The summed E-state index contributed by atoms with van der Waals surface area (Å²) in [4.78, 5) is 28.9. The summed E-state index contributed by atoms with van der Waals surface area (Å²) in [5.74, 6) is 0.00794. The zero-order valence-corrected chi connectivity index (χ0v) is 13.8. The van der Waals surface area contributed by atoms with E-state index in [2.05, 4.69) is 25.0 Å². The molecule has 3 heterocycles. The molecule has 0 aliphatic carbocycles. The van der Waals surface area contributed by atoms with Crippen LogP contribution >= 0.6 is 11.8 Å². The van der Waals surface area contributed by atoms with Crippen molar-refractivity contribution >= 4 is 17.7 Å². The normalized spacial score (nSPS) is 15.8. The Labute approximate surface area is 138 Å². The van der Waals surface area contributed by atoms with Crippen LogP contribution in [0.3, 0.4) is 0 Å². The molecule has 2 aromatic heterocycles. The van der Waals surface area contributed by atoms with Gasteiger partial charge >= 0.3 is 0 Å². The summed E-state index contributed by atoms with van der Waals surface area (Å²) in [5.41, 5.74) is 0.555. The molecule has 0 spiro atoms. The lowest BCUT2D eigenvalue weighted by Crippen LogP contribution is -2.49. The predicted molar refractivity (Wildman–Crippen MR) is 86.2 cm³/mol. The summed E-state index contributed by atoms with van der Waals surface area (Å²) in [6, 6.07) is 0. The molecule has 0 unspecified atom stereocenters. The Morgan fingerprint density at radius 3 is 2.52 bits per heavy atom. The van der Waals surface area contributed by atoms with Crippen molar-refractivity contribution in [2.24, 2.45) is 0 Å². The largest absolute Gasteiger partial charge is 0.336 e. The SMILES string of the molecule is CSc1ncc(C(=O)N2CCN(CCn3cncn3)CC2)cn1. The van der Waals surface area contributed by atoms with Crippen molar-refractivity contribution in [3.63, 3.8) is 0 Å². The second kappa shape index (κ2) is 7.51. The Hall–Kier alpha value is -2.00. The summed E-state index contributed by atoms with van der Waals surface area (Å²) in [6.45, 7) is 4.91. The number of piperazine rings is 1. The summed E-state index contributed by atoms with van der Waals surface area (Å²) < 4.78 is 1.82. The van der Waals surface area contributed by atoms with E-state index in [0.717, 1.165) is 39.3 Å². The average Bonchev–Trinajstić information content (AvgIpc) is 3.13. The minimum atomic E-state index is 0.00794. The zero-order valence-electron chi connectivity index (χ0n) is 13.0. The molecular formula is C14H19N7OS. The van der Waals surface area contributed by atoms with Crippen LogP contribution in [0, 0.1) is 0 Å². The van der Waals surface area contributed by atoms with Crippen molar-refractivity contribution in [3.8, 4) is 0 Å². The fourth-order valence-corrected chi connectivity index (χ4v) is 2.80. The highest BCUT2D eigenvalue weighted by molar-refractivity contribution is 7.98. The van der Waals surface area contributed by atoms with Crippen molar-refractivity contribution < 1.29 is 4.79 Å². The van der Waals surface area contributed by atoms with Crippen LogP contribution in [-0.2, 0) is 6.54 Å². The maximum Gasteiger partial charge on any atom is 0.257 e. The van der Waals surface area contributed by atoms with E-state index in [1.54, 1.807) is 25.0 Å². The molecule has 23 heavy (non-hydrogen) atoms. The highest BCUT2D eigenvalue weighted by Gasteiger charge is 2.22. The van der Waals surface area contributed by atoms with Gasteiger partial charge in [-0.1, -0.05) is 11.8 Å². The second-order valence-electron chi connectivity index (χ2n) is 5.25. The molecule has 0 radical (unpaired) electrons. The van der Waals surface area contributed by atoms with Gasteiger partial charge in [0.25, 0.3) is 5.91 Å². The molecule has 1 aliphatic heterocycles. The van der Waals surface area contributed by atoms with E-state index in [9.17, 15) is 4.79 Å². The molecule has 0 bridgehead atoms. The molecular weight excluding hydrogens is 314 g/mol. The number of carbonyl (C=O) groups excluding carboxylic acids is 1. The molecule has 2 aromatic rings. The lowest BCUT2D eigenvalue weighted by Gasteiger charge is -2.34. The van der Waals surface area contributed by atoms with Gasteiger partial charge in [-0.25, -0.2) is 15.0 Å². The minimum Gasteiger partial charge on any atom is -0.336 e. The molecule has 3 rings (SSSR count). The molecule has 0 atom stereocenters. The fraction of sp³-hybridized carbons (Fsp3) is 0.500. The van der Waals surface area contributed by atoms with Crippen LogP contribution in [0.4, 0.5) is 0 Å². The Morgan fingerprint density at radius 2 is 1.91 bits per heavy atom. The van der Waals surface area contributed by atoms with Crippen LogP contribution < -0.4 is 0 Å². The highest BCUT2D eigenvalue weighted by Crippen LogP contribution is 2.11.